The van der Waals surface area contributed by atoms with E-state index in [1.807, 2.05) is 6.92 Å². The predicted molar refractivity (Wildman–Crippen MR) is 103 cm³/mol. The minimum absolute atomic E-state index is 0.294. The van der Waals surface area contributed by atoms with Crippen molar-refractivity contribution in [2.24, 2.45) is 0 Å². The van der Waals surface area contributed by atoms with Gasteiger partial charge in [0.1, 0.15) is 11.5 Å². The van der Waals surface area contributed by atoms with E-state index in [0.717, 1.165) is 10.0 Å². The number of hydrogen-bond acceptors (Lipinski definition) is 4. The molecule has 0 aliphatic carbocycles. The first kappa shape index (κ1) is 19.8. The molecular weight excluding hydrogens is 430 g/mol. The van der Waals surface area contributed by atoms with Crippen LogP contribution in [-0.4, -0.2) is 27.2 Å². The highest BCUT2D eigenvalue weighted by Crippen LogP contribution is 2.25. The lowest BCUT2D eigenvalue weighted by molar-refractivity contribution is -0.113. The first-order valence-electron chi connectivity index (χ1n) is 7.29. The number of carbonyl (C=O) groups is 1. The number of anilines is 1. The molecule has 0 aromatic heterocycles. The Bertz CT molecular complexity index is 900. The number of amides is 1. The van der Waals surface area contributed by atoms with E-state index in [9.17, 15) is 13.2 Å². The van der Waals surface area contributed by atoms with Crippen LogP contribution in [0.3, 0.4) is 0 Å². The highest BCUT2D eigenvalue weighted by molar-refractivity contribution is 9.10. The van der Waals surface area contributed by atoms with E-state index in [1.54, 1.807) is 36.4 Å². The molecule has 8 heteroatoms. The zero-order valence-corrected chi connectivity index (χ0v) is 16.8. The van der Waals surface area contributed by atoms with Crippen LogP contribution in [0.25, 0.3) is 0 Å². The smallest absolute Gasteiger partial charge is 0.239 e. The molecule has 0 unspecified atom stereocenters. The molecule has 0 aliphatic heterocycles. The third-order valence-electron chi connectivity index (χ3n) is 3.42. The van der Waals surface area contributed by atoms with Crippen molar-refractivity contribution in [1.29, 1.82) is 0 Å². The van der Waals surface area contributed by atoms with Gasteiger partial charge in [-0.05, 0) is 42.8 Å². The highest BCUT2D eigenvalue weighted by Gasteiger charge is 2.20. The molecule has 0 heterocycles. The van der Waals surface area contributed by atoms with Crippen molar-refractivity contribution in [3.05, 3.63) is 57.0 Å². The van der Waals surface area contributed by atoms with Crippen LogP contribution in [0.15, 0.2) is 40.9 Å². The van der Waals surface area contributed by atoms with Gasteiger partial charge in [0.05, 0.1) is 12.9 Å². The summed E-state index contributed by atoms with van der Waals surface area (Å²) in [5.74, 6) is -1.09. The normalized spacial score (nSPS) is 11.2. The molecule has 0 bridgehead atoms. The van der Waals surface area contributed by atoms with Crippen molar-refractivity contribution in [3.63, 3.8) is 0 Å². The Labute approximate surface area is 160 Å². The second kappa shape index (κ2) is 8.21. The molecule has 0 atom stereocenters. The van der Waals surface area contributed by atoms with Crippen LogP contribution in [-0.2, 0) is 20.4 Å². The molecule has 0 saturated heterocycles. The average Bonchev–Trinajstić information content (AvgIpc) is 2.50. The summed E-state index contributed by atoms with van der Waals surface area (Å²) >= 11 is 9.30. The molecule has 5 nitrogen and oxygen atoms in total. The van der Waals surface area contributed by atoms with E-state index in [0.29, 0.717) is 22.0 Å². The number of ether oxygens (including phenoxy) is 1. The van der Waals surface area contributed by atoms with Gasteiger partial charge >= 0.3 is 0 Å². The minimum atomic E-state index is -3.67. The van der Waals surface area contributed by atoms with Crippen LogP contribution >= 0.6 is 27.5 Å². The summed E-state index contributed by atoms with van der Waals surface area (Å²) in [5.41, 5.74) is 1.81. The van der Waals surface area contributed by atoms with Crippen molar-refractivity contribution in [2.75, 3.05) is 18.2 Å². The third-order valence-corrected chi connectivity index (χ3v) is 5.78. The van der Waals surface area contributed by atoms with Gasteiger partial charge in [-0.25, -0.2) is 8.42 Å². The Morgan fingerprint density at radius 2 is 1.96 bits per heavy atom. The molecule has 0 radical (unpaired) electrons. The summed E-state index contributed by atoms with van der Waals surface area (Å²) in [6, 6.07) is 10.1. The van der Waals surface area contributed by atoms with E-state index < -0.39 is 21.5 Å². The van der Waals surface area contributed by atoms with E-state index in [4.69, 9.17) is 16.3 Å². The lowest BCUT2D eigenvalue weighted by Crippen LogP contribution is -2.24. The average molecular weight is 447 g/mol. The van der Waals surface area contributed by atoms with Crippen molar-refractivity contribution < 1.29 is 17.9 Å². The summed E-state index contributed by atoms with van der Waals surface area (Å²) in [6.45, 7) is 1.84. The molecule has 0 fully saturated rings. The number of carbonyl (C=O) groups excluding carboxylic acids is 1. The van der Waals surface area contributed by atoms with Gasteiger partial charge in [-0.2, -0.15) is 0 Å². The largest absolute Gasteiger partial charge is 0.496 e. The maximum absolute atomic E-state index is 12.3. The Morgan fingerprint density at radius 3 is 2.60 bits per heavy atom. The molecule has 2 aromatic rings. The molecule has 134 valence electrons. The standard InChI is InChI=1S/C17H17BrClNO4S/c1-11-3-5-14(8-15(11)19)20-17(21)10-25(22,23)9-12-7-13(18)4-6-16(12)24-2/h3-8H,9-10H2,1-2H3,(H,20,21). The minimum Gasteiger partial charge on any atom is -0.496 e. The lowest BCUT2D eigenvalue weighted by Gasteiger charge is -2.10. The molecule has 2 aromatic carbocycles. The number of aryl methyl sites for hydroxylation is 1. The van der Waals surface area contributed by atoms with Gasteiger partial charge in [0, 0.05) is 20.7 Å². The third kappa shape index (κ3) is 5.73. The lowest BCUT2D eigenvalue weighted by atomic mass is 10.2. The van der Waals surface area contributed by atoms with Crippen molar-refractivity contribution in [2.45, 2.75) is 12.7 Å². The maximum Gasteiger partial charge on any atom is 0.239 e. The monoisotopic (exact) mass is 445 g/mol. The van der Waals surface area contributed by atoms with Gasteiger partial charge < -0.3 is 10.1 Å². The molecule has 0 aliphatic rings. The zero-order chi connectivity index (χ0) is 18.6. The fourth-order valence-corrected chi connectivity index (χ4v) is 4.08. The summed E-state index contributed by atoms with van der Waals surface area (Å²) in [5, 5.41) is 3.05. The zero-order valence-electron chi connectivity index (χ0n) is 13.7. The summed E-state index contributed by atoms with van der Waals surface area (Å²) < 4.78 is 30.6. The van der Waals surface area contributed by atoms with Gasteiger partial charge in [0.2, 0.25) is 5.91 Å². The first-order valence-corrected chi connectivity index (χ1v) is 10.3. The Hall–Kier alpha value is -1.57. The van der Waals surface area contributed by atoms with Gasteiger partial charge in [0.25, 0.3) is 0 Å². The number of benzene rings is 2. The van der Waals surface area contributed by atoms with Crippen LogP contribution in [0.2, 0.25) is 5.02 Å². The number of halogens is 2. The summed E-state index contributed by atoms with van der Waals surface area (Å²) in [4.78, 5) is 12.1. The van der Waals surface area contributed by atoms with Crippen molar-refractivity contribution in [3.8, 4) is 5.75 Å². The Balaban J connectivity index is 2.09. The molecule has 2 rings (SSSR count). The Morgan fingerprint density at radius 1 is 1.24 bits per heavy atom. The van der Waals surface area contributed by atoms with Crippen LogP contribution < -0.4 is 10.1 Å². The number of rotatable bonds is 6. The number of nitrogens with one attached hydrogen (secondary N) is 1. The van der Waals surface area contributed by atoms with Crippen molar-refractivity contribution >= 4 is 49.0 Å². The van der Waals surface area contributed by atoms with E-state index in [-0.39, 0.29) is 5.75 Å². The van der Waals surface area contributed by atoms with Crippen LogP contribution in [0.5, 0.6) is 5.75 Å². The van der Waals surface area contributed by atoms with E-state index in [2.05, 4.69) is 21.2 Å². The molecule has 0 saturated carbocycles. The number of methoxy groups -OCH3 is 1. The van der Waals surface area contributed by atoms with Gasteiger partial charge in [-0.15, -0.1) is 0 Å². The topological polar surface area (TPSA) is 72.5 Å². The highest BCUT2D eigenvalue weighted by atomic mass is 79.9. The van der Waals surface area contributed by atoms with Gasteiger partial charge in [-0.1, -0.05) is 33.6 Å². The first-order chi connectivity index (χ1) is 11.7. The second-order valence-electron chi connectivity index (χ2n) is 5.50. The van der Waals surface area contributed by atoms with Crippen LogP contribution in [0, 0.1) is 6.92 Å². The van der Waals surface area contributed by atoms with Crippen LogP contribution in [0.1, 0.15) is 11.1 Å². The van der Waals surface area contributed by atoms with E-state index >= 15 is 0 Å². The molecule has 0 spiro atoms. The fourth-order valence-electron chi connectivity index (χ4n) is 2.22. The number of hydrogen-bond donors (Lipinski definition) is 1. The summed E-state index contributed by atoms with van der Waals surface area (Å²) in [7, 11) is -2.20. The Kier molecular flexibility index (Phi) is 6.48. The predicted octanol–water partition coefficient (Wildman–Crippen LogP) is 3.97. The van der Waals surface area contributed by atoms with E-state index in [1.165, 1.54) is 7.11 Å². The summed E-state index contributed by atoms with van der Waals surface area (Å²) in [6.07, 6.45) is 0. The number of sulfone groups is 1. The fraction of sp³-hybridized carbons (Fsp3) is 0.235. The molecular formula is C17H17BrClNO4S. The second-order valence-corrected chi connectivity index (χ2v) is 8.89. The van der Waals surface area contributed by atoms with Crippen molar-refractivity contribution in [1.82, 2.24) is 0 Å². The van der Waals surface area contributed by atoms with Gasteiger partial charge in [-0.3, -0.25) is 4.79 Å². The van der Waals surface area contributed by atoms with Crippen LogP contribution in [0.4, 0.5) is 5.69 Å². The molecule has 25 heavy (non-hydrogen) atoms. The molecule has 1 amide bonds. The quantitative estimate of drug-likeness (QED) is 0.728. The SMILES string of the molecule is COc1ccc(Br)cc1CS(=O)(=O)CC(=O)Nc1ccc(C)c(Cl)c1. The van der Waals surface area contributed by atoms with Gasteiger partial charge in [0.15, 0.2) is 9.84 Å². The molecule has 1 N–H and O–H groups in total. The maximum atomic E-state index is 12.3.